The number of nitrogens with zero attached hydrogens (tertiary/aromatic N) is 1. The van der Waals surface area contributed by atoms with Gasteiger partial charge in [-0.1, -0.05) is 24.3 Å². The van der Waals surface area contributed by atoms with Crippen LogP contribution in [0.25, 0.3) is 11.6 Å². The van der Waals surface area contributed by atoms with Crippen LogP contribution in [0.4, 0.5) is 0 Å². The number of hydrogen-bond donors (Lipinski definition) is 2. The van der Waals surface area contributed by atoms with Gasteiger partial charge < -0.3 is 10.2 Å². The van der Waals surface area contributed by atoms with Crippen molar-refractivity contribution in [2.75, 3.05) is 0 Å². The third-order valence-electron chi connectivity index (χ3n) is 3.03. The molecule has 0 radical (unpaired) electrons. The third kappa shape index (κ3) is 3.38. The average Bonchev–Trinajstić information content (AvgIpc) is 2.53. The molecule has 0 amide bonds. The fourth-order valence-corrected chi connectivity index (χ4v) is 1.86. The summed E-state index contributed by atoms with van der Waals surface area (Å²) in [6, 6.07) is 14.1. The highest BCUT2D eigenvalue weighted by molar-refractivity contribution is 5.93. The lowest BCUT2D eigenvalue weighted by molar-refractivity contribution is 0.0686. The Balaban J connectivity index is 2.32. The number of allylic oxidation sites excluding steroid dienone is 1. The molecule has 0 atom stereocenters. The fraction of sp³-hybridized carbons (Fsp3) is 0. The van der Waals surface area contributed by atoms with Crippen molar-refractivity contribution >= 4 is 23.6 Å². The molecule has 5 nitrogen and oxygen atoms in total. The van der Waals surface area contributed by atoms with Crippen molar-refractivity contribution in [3.05, 3.63) is 70.8 Å². The van der Waals surface area contributed by atoms with Crippen molar-refractivity contribution in [2.24, 2.45) is 0 Å². The van der Waals surface area contributed by atoms with Gasteiger partial charge in [0.05, 0.1) is 22.8 Å². The van der Waals surface area contributed by atoms with E-state index in [2.05, 4.69) is 6.07 Å². The first-order valence-electron chi connectivity index (χ1n) is 6.30. The summed E-state index contributed by atoms with van der Waals surface area (Å²) in [7, 11) is 0. The van der Waals surface area contributed by atoms with Gasteiger partial charge in [-0.15, -0.1) is 0 Å². The molecule has 0 heterocycles. The van der Waals surface area contributed by atoms with Crippen LogP contribution in [-0.2, 0) is 0 Å². The van der Waals surface area contributed by atoms with Crippen molar-refractivity contribution in [1.82, 2.24) is 0 Å². The smallest absolute Gasteiger partial charge is 0.335 e. The summed E-state index contributed by atoms with van der Waals surface area (Å²) in [5, 5.41) is 26.9. The van der Waals surface area contributed by atoms with Crippen LogP contribution < -0.4 is 0 Å². The van der Waals surface area contributed by atoms with Crippen LogP contribution in [0.2, 0.25) is 0 Å². The molecule has 0 fully saturated rings. The Morgan fingerprint density at radius 3 is 1.64 bits per heavy atom. The first kappa shape index (κ1) is 15.0. The number of carboxylic acids is 2. The van der Waals surface area contributed by atoms with Gasteiger partial charge in [0, 0.05) is 0 Å². The molecule has 0 saturated heterocycles. The Bertz CT molecular complexity index is 781. The monoisotopic (exact) mass is 293 g/mol. The zero-order chi connectivity index (χ0) is 16.1. The summed E-state index contributed by atoms with van der Waals surface area (Å²) >= 11 is 0. The van der Waals surface area contributed by atoms with Crippen molar-refractivity contribution in [2.45, 2.75) is 0 Å². The minimum Gasteiger partial charge on any atom is -0.478 e. The zero-order valence-corrected chi connectivity index (χ0v) is 11.4. The van der Waals surface area contributed by atoms with Gasteiger partial charge in [-0.2, -0.15) is 5.26 Å². The van der Waals surface area contributed by atoms with Crippen molar-refractivity contribution in [1.29, 1.82) is 5.26 Å². The molecule has 2 aromatic rings. The summed E-state index contributed by atoms with van der Waals surface area (Å²) in [6.45, 7) is 0. The number of carboxylic acid groups (broad SMARTS) is 2. The van der Waals surface area contributed by atoms with Crippen LogP contribution in [0.15, 0.2) is 48.5 Å². The molecular formula is C17H11NO4. The van der Waals surface area contributed by atoms with Gasteiger partial charge in [0.15, 0.2) is 0 Å². The lowest BCUT2D eigenvalue weighted by Gasteiger charge is -2.01. The maximum absolute atomic E-state index is 10.8. The van der Waals surface area contributed by atoms with Crippen LogP contribution in [0.5, 0.6) is 0 Å². The number of carbonyl (C=O) groups is 2. The molecule has 0 aliphatic rings. The van der Waals surface area contributed by atoms with Gasteiger partial charge in [-0.25, -0.2) is 9.59 Å². The summed E-state index contributed by atoms with van der Waals surface area (Å²) in [4.78, 5) is 21.6. The number of benzene rings is 2. The van der Waals surface area contributed by atoms with E-state index in [1.165, 1.54) is 24.3 Å². The van der Waals surface area contributed by atoms with Gasteiger partial charge in [0.1, 0.15) is 0 Å². The zero-order valence-electron chi connectivity index (χ0n) is 11.4. The Morgan fingerprint density at radius 2 is 1.23 bits per heavy atom. The van der Waals surface area contributed by atoms with Crippen LogP contribution in [0.1, 0.15) is 31.8 Å². The molecule has 108 valence electrons. The standard InChI is InChI=1S/C17H11NO4/c18-10-15(12-5-7-14(8-6-12)17(21)22)9-11-1-3-13(4-2-11)16(19)20/h1-9H,(H,19,20)(H,21,22)/b15-9-. The SMILES string of the molecule is N#C/C(=C/c1ccc(C(=O)O)cc1)c1ccc(C(=O)O)cc1. The van der Waals surface area contributed by atoms with Gasteiger partial charge in [-0.3, -0.25) is 0 Å². The van der Waals surface area contributed by atoms with E-state index in [1.54, 1.807) is 30.3 Å². The predicted molar refractivity (Wildman–Crippen MR) is 80.3 cm³/mol. The molecule has 2 N–H and O–H groups in total. The summed E-state index contributed by atoms with van der Waals surface area (Å²) in [5.74, 6) is -2.04. The number of rotatable bonds is 4. The summed E-state index contributed by atoms with van der Waals surface area (Å²) < 4.78 is 0. The Labute approximate surface area is 126 Å². The molecule has 0 spiro atoms. The molecule has 0 bridgehead atoms. The number of hydrogen-bond acceptors (Lipinski definition) is 3. The maximum atomic E-state index is 10.8. The van der Waals surface area contributed by atoms with Crippen LogP contribution in [0.3, 0.4) is 0 Å². The van der Waals surface area contributed by atoms with Gasteiger partial charge >= 0.3 is 11.9 Å². The van der Waals surface area contributed by atoms with E-state index in [4.69, 9.17) is 10.2 Å². The van der Waals surface area contributed by atoms with E-state index in [1.807, 2.05) is 0 Å². The van der Waals surface area contributed by atoms with E-state index < -0.39 is 11.9 Å². The molecule has 2 rings (SSSR count). The molecule has 0 aromatic heterocycles. The van der Waals surface area contributed by atoms with E-state index in [-0.39, 0.29) is 11.1 Å². The first-order chi connectivity index (χ1) is 10.5. The number of nitriles is 1. The second-order valence-electron chi connectivity index (χ2n) is 4.48. The highest BCUT2D eigenvalue weighted by atomic mass is 16.4. The molecular weight excluding hydrogens is 282 g/mol. The molecule has 5 heteroatoms. The fourth-order valence-electron chi connectivity index (χ4n) is 1.86. The largest absolute Gasteiger partial charge is 0.478 e. The van der Waals surface area contributed by atoms with Crippen molar-refractivity contribution < 1.29 is 19.8 Å². The lowest BCUT2D eigenvalue weighted by Crippen LogP contribution is -1.96. The van der Waals surface area contributed by atoms with Gasteiger partial charge in [0.2, 0.25) is 0 Å². The Morgan fingerprint density at radius 1 is 0.818 bits per heavy atom. The summed E-state index contributed by atoms with van der Waals surface area (Å²) in [5.41, 5.74) is 1.95. The molecule has 0 aliphatic carbocycles. The van der Waals surface area contributed by atoms with E-state index in [0.29, 0.717) is 16.7 Å². The third-order valence-corrected chi connectivity index (χ3v) is 3.03. The quantitative estimate of drug-likeness (QED) is 0.666. The minimum absolute atomic E-state index is 0.145. The molecule has 0 aliphatic heterocycles. The maximum Gasteiger partial charge on any atom is 0.335 e. The predicted octanol–water partition coefficient (Wildman–Crippen LogP) is 3.15. The summed E-state index contributed by atoms with van der Waals surface area (Å²) in [6.07, 6.45) is 1.61. The highest BCUT2D eigenvalue weighted by Crippen LogP contribution is 2.19. The molecule has 0 saturated carbocycles. The van der Waals surface area contributed by atoms with E-state index in [9.17, 15) is 14.9 Å². The van der Waals surface area contributed by atoms with Crippen LogP contribution >= 0.6 is 0 Å². The molecule has 2 aromatic carbocycles. The Kier molecular flexibility index (Phi) is 4.35. The highest BCUT2D eigenvalue weighted by Gasteiger charge is 2.06. The normalized spacial score (nSPS) is 10.8. The van der Waals surface area contributed by atoms with Gasteiger partial charge in [0.25, 0.3) is 0 Å². The second kappa shape index (κ2) is 6.37. The van der Waals surface area contributed by atoms with E-state index in [0.717, 1.165) is 0 Å². The first-order valence-corrected chi connectivity index (χ1v) is 6.30. The van der Waals surface area contributed by atoms with Crippen LogP contribution in [-0.4, -0.2) is 22.2 Å². The Hall–Kier alpha value is -3.39. The molecule has 22 heavy (non-hydrogen) atoms. The van der Waals surface area contributed by atoms with E-state index >= 15 is 0 Å². The number of aromatic carboxylic acids is 2. The second-order valence-corrected chi connectivity index (χ2v) is 4.48. The lowest BCUT2D eigenvalue weighted by atomic mass is 10.0. The average molecular weight is 293 g/mol. The topological polar surface area (TPSA) is 98.4 Å². The van der Waals surface area contributed by atoms with Crippen LogP contribution in [0, 0.1) is 11.3 Å². The molecule has 0 unspecified atom stereocenters. The van der Waals surface area contributed by atoms with Crippen molar-refractivity contribution in [3.63, 3.8) is 0 Å². The minimum atomic E-state index is -1.03. The van der Waals surface area contributed by atoms with Gasteiger partial charge in [-0.05, 0) is 41.5 Å². The van der Waals surface area contributed by atoms with Crippen molar-refractivity contribution in [3.8, 4) is 6.07 Å².